The highest BCUT2D eigenvalue weighted by Gasteiger charge is 2.31. The van der Waals surface area contributed by atoms with E-state index in [1.165, 1.54) is 32.1 Å². The Bertz CT molecular complexity index is 314. The maximum absolute atomic E-state index is 11.6. The second-order valence-corrected chi connectivity index (χ2v) is 5.65. The molecule has 102 valence electrons. The zero-order valence-electron chi connectivity index (χ0n) is 11.5. The molecule has 2 fully saturated rings. The summed E-state index contributed by atoms with van der Waals surface area (Å²) in [6.07, 6.45) is 6.87. The van der Waals surface area contributed by atoms with Crippen LogP contribution < -0.4 is 0 Å². The van der Waals surface area contributed by atoms with Crippen LogP contribution in [0.2, 0.25) is 0 Å². The van der Waals surface area contributed by atoms with Crippen LogP contribution in [0, 0.1) is 11.8 Å². The second kappa shape index (κ2) is 6.37. The molecule has 3 nitrogen and oxygen atoms in total. The highest BCUT2D eigenvalue weighted by molar-refractivity contribution is 5.88. The second-order valence-electron chi connectivity index (χ2n) is 5.65. The molecule has 0 bridgehead atoms. The molecule has 1 aliphatic carbocycles. The minimum absolute atomic E-state index is 0.233. The van der Waals surface area contributed by atoms with Gasteiger partial charge in [0, 0.05) is 18.7 Å². The van der Waals surface area contributed by atoms with Gasteiger partial charge in [-0.1, -0.05) is 25.8 Å². The predicted molar refractivity (Wildman–Crippen MR) is 72.3 cm³/mol. The minimum Gasteiger partial charge on any atom is -0.463 e. The van der Waals surface area contributed by atoms with E-state index < -0.39 is 0 Å². The number of fused-ring (bicyclic) bond motifs is 1. The molecule has 0 radical (unpaired) electrons. The van der Waals surface area contributed by atoms with E-state index in [1.807, 2.05) is 6.92 Å². The summed E-state index contributed by atoms with van der Waals surface area (Å²) in [7, 11) is 0. The van der Waals surface area contributed by atoms with Crippen LogP contribution in [0.4, 0.5) is 0 Å². The molecule has 0 spiro atoms. The molecule has 0 aromatic carbocycles. The third-order valence-electron chi connectivity index (χ3n) is 4.35. The van der Waals surface area contributed by atoms with Gasteiger partial charge in [-0.25, -0.2) is 4.79 Å². The molecule has 0 aromatic rings. The standard InChI is InChI=1S/C15H25NO2/c1-3-18-15(17)12(2)10-16-9-8-13-6-4-5-7-14(13)11-16/h13-14H,2-11H2,1H3. The fourth-order valence-corrected chi connectivity index (χ4v) is 3.39. The molecule has 0 amide bonds. The van der Waals surface area contributed by atoms with Gasteiger partial charge in [0.1, 0.15) is 0 Å². The average molecular weight is 251 g/mol. The van der Waals surface area contributed by atoms with Crippen molar-refractivity contribution in [1.82, 2.24) is 4.90 Å². The number of piperidine rings is 1. The quantitative estimate of drug-likeness (QED) is 0.568. The molecule has 2 unspecified atom stereocenters. The van der Waals surface area contributed by atoms with Crippen LogP contribution in [0.1, 0.15) is 39.0 Å². The maximum Gasteiger partial charge on any atom is 0.334 e. The fourth-order valence-electron chi connectivity index (χ4n) is 3.39. The van der Waals surface area contributed by atoms with Crippen LogP contribution in [0.5, 0.6) is 0 Å². The number of esters is 1. The molecule has 1 saturated carbocycles. The molecular formula is C15H25NO2. The Morgan fingerprint density at radius 2 is 2.00 bits per heavy atom. The SMILES string of the molecule is C=C(CN1CCC2CCCCC2C1)C(=O)OCC. The zero-order chi connectivity index (χ0) is 13.0. The zero-order valence-corrected chi connectivity index (χ0v) is 11.5. The van der Waals surface area contributed by atoms with Crippen LogP contribution in [0.3, 0.4) is 0 Å². The van der Waals surface area contributed by atoms with Gasteiger partial charge in [0.15, 0.2) is 0 Å². The molecule has 1 saturated heterocycles. The van der Waals surface area contributed by atoms with Gasteiger partial charge in [0.2, 0.25) is 0 Å². The molecule has 18 heavy (non-hydrogen) atoms. The van der Waals surface area contributed by atoms with Crippen molar-refractivity contribution in [1.29, 1.82) is 0 Å². The highest BCUT2D eigenvalue weighted by atomic mass is 16.5. The molecule has 2 aliphatic rings. The van der Waals surface area contributed by atoms with Crippen molar-refractivity contribution < 1.29 is 9.53 Å². The first-order chi connectivity index (χ1) is 8.70. The Hall–Kier alpha value is -0.830. The Morgan fingerprint density at radius 1 is 1.28 bits per heavy atom. The van der Waals surface area contributed by atoms with Crippen molar-refractivity contribution in [2.75, 3.05) is 26.2 Å². The summed E-state index contributed by atoms with van der Waals surface area (Å²) in [4.78, 5) is 13.9. The number of carbonyl (C=O) groups excluding carboxylic acids is 1. The number of rotatable bonds is 4. The monoisotopic (exact) mass is 251 g/mol. The maximum atomic E-state index is 11.6. The van der Waals surface area contributed by atoms with Gasteiger partial charge in [-0.05, 0) is 38.1 Å². The van der Waals surface area contributed by atoms with Gasteiger partial charge >= 0.3 is 5.97 Å². The number of nitrogens with zero attached hydrogens (tertiary/aromatic N) is 1. The number of likely N-dealkylation sites (tertiary alicyclic amines) is 1. The van der Waals surface area contributed by atoms with E-state index in [-0.39, 0.29) is 5.97 Å². The Labute approximate surface area is 110 Å². The van der Waals surface area contributed by atoms with Crippen molar-refractivity contribution in [2.45, 2.75) is 39.0 Å². The van der Waals surface area contributed by atoms with E-state index in [0.717, 1.165) is 24.9 Å². The molecule has 3 heteroatoms. The van der Waals surface area contributed by atoms with Crippen LogP contribution in [-0.4, -0.2) is 37.1 Å². The first kappa shape index (κ1) is 13.6. The normalized spacial score (nSPS) is 28.5. The summed E-state index contributed by atoms with van der Waals surface area (Å²) in [5.74, 6) is 1.55. The molecule has 1 aliphatic heterocycles. The summed E-state index contributed by atoms with van der Waals surface area (Å²) in [6, 6.07) is 0. The van der Waals surface area contributed by atoms with E-state index in [9.17, 15) is 4.79 Å². The molecule has 2 atom stereocenters. The first-order valence-electron chi connectivity index (χ1n) is 7.28. The average Bonchev–Trinajstić information content (AvgIpc) is 2.39. The van der Waals surface area contributed by atoms with E-state index in [0.29, 0.717) is 18.7 Å². The summed E-state index contributed by atoms with van der Waals surface area (Å²) in [5.41, 5.74) is 0.603. The molecule has 2 rings (SSSR count). The Balaban J connectivity index is 1.80. The van der Waals surface area contributed by atoms with Crippen LogP contribution in [0.25, 0.3) is 0 Å². The summed E-state index contributed by atoms with van der Waals surface area (Å²) < 4.78 is 4.99. The van der Waals surface area contributed by atoms with Gasteiger partial charge in [-0.3, -0.25) is 4.90 Å². The van der Waals surface area contributed by atoms with Gasteiger partial charge in [-0.15, -0.1) is 0 Å². The molecular weight excluding hydrogens is 226 g/mol. The van der Waals surface area contributed by atoms with Gasteiger partial charge in [0.05, 0.1) is 6.61 Å². The van der Waals surface area contributed by atoms with Crippen molar-refractivity contribution in [2.24, 2.45) is 11.8 Å². The lowest BCUT2D eigenvalue weighted by Gasteiger charge is -2.41. The predicted octanol–water partition coefficient (Wildman–Crippen LogP) is 2.62. The summed E-state index contributed by atoms with van der Waals surface area (Å²) >= 11 is 0. The number of hydrogen-bond donors (Lipinski definition) is 0. The lowest BCUT2D eigenvalue weighted by Crippen LogP contribution is -2.43. The van der Waals surface area contributed by atoms with E-state index >= 15 is 0 Å². The first-order valence-corrected chi connectivity index (χ1v) is 7.28. The Kier molecular flexibility index (Phi) is 4.81. The van der Waals surface area contributed by atoms with Crippen LogP contribution in [-0.2, 0) is 9.53 Å². The lowest BCUT2D eigenvalue weighted by atomic mass is 9.75. The Morgan fingerprint density at radius 3 is 2.72 bits per heavy atom. The number of carbonyl (C=O) groups is 1. The van der Waals surface area contributed by atoms with E-state index in [1.54, 1.807) is 0 Å². The van der Waals surface area contributed by atoms with E-state index in [4.69, 9.17) is 4.74 Å². The minimum atomic E-state index is -0.233. The number of ether oxygens (including phenoxy) is 1. The fraction of sp³-hybridized carbons (Fsp3) is 0.800. The lowest BCUT2D eigenvalue weighted by molar-refractivity contribution is -0.138. The van der Waals surface area contributed by atoms with Crippen LogP contribution >= 0.6 is 0 Å². The third-order valence-corrected chi connectivity index (χ3v) is 4.35. The van der Waals surface area contributed by atoms with Gasteiger partial charge < -0.3 is 4.74 Å². The topological polar surface area (TPSA) is 29.5 Å². The molecule has 0 aromatic heterocycles. The van der Waals surface area contributed by atoms with E-state index in [2.05, 4.69) is 11.5 Å². The van der Waals surface area contributed by atoms with Crippen molar-refractivity contribution >= 4 is 5.97 Å². The van der Waals surface area contributed by atoms with Gasteiger partial charge in [0.25, 0.3) is 0 Å². The van der Waals surface area contributed by atoms with Gasteiger partial charge in [-0.2, -0.15) is 0 Å². The van der Waals surface area contributed by atoms with Crippen molar-refractivity contribution in [3.8, 4) is 0 Å². The third kappa shape index (κ3) is 3.35. The largest absolute Gasteiger partial charge is 0.463 e. The molecule has 1 heterocycles. The summed E-state index contributed by atoms with van der Waals surface area (Å²) in [6.45, 7) is 9.06. The van der Waals surface area contributed by atoms with Crippen LogP contribution in [0.15, 0.2) is 12.2 Å². The van der Waals surface area contributed by atoms with Crippen molar-refractivity contribution in [3.05, 3.63) is 12.2 Å². The summed E-state index contributed by atoms with van der Waals surface area (Å²) in [5, 5.41) is 0. The molecule has 0 N–H and O–H groups in total. The smallest absolute Gasteiger partial charge is 0.334 e. The van der Waals surface area contributed by atoms with Crippen molar-refractivity contribution in [3.63, 3.8) is 0 Å². The highest BCUT2D eigenvalue weighted by Crippen LogP contribution is 2.36. The number of hydrogen-bond acceptors (Lipinski definition) is 3.